The van der Waals surface area contributed by atoms with E-state index in [1.165, 1.54) is 122 Å². The number of hydrogen-bond donors (Lipinski definition) is 2. The molecule has 430 valence electrons. The van der Waals surface area contributed by atoms with Gasteiger partial charge in [0.2, 0.25) is 0 Å². The van der Waals surface area contributed by atoms with Crippen molar-refractivity contribution < 1.29 is 52.2 Å². The first-order valence-electron chi connectivity index (χ1n) is 30.2. The van der Waals surface area contributed by atoms with E-state index in [1.807, 2.05) is 0 Å². The third-order valence-corrected chi connectivity index (χ3v) is 13.8. The minimum atomic E-state index is -4.76. The molecule has 0 aliphatic heterocycles. The van der Waals surface area contributed by atoms with Crippen LogP contribution in [0.25, 0.3) is 0 Å². The molecule has 74 heavy (non-hydrogen) atoms. The lowest BCUT2D eigenvalue weighted by Crippen LogP contribution is -2.30. The molecule has 0 aromatic carbocycles. The van der Waals surface area contributed by atoms with Crippen LogP contribution in [0.2, 0.25) is 0 Å². The van der Waals surface area contributed by atoms with Gasteiger partial charge in [0, 0.05) is 19.3 Å². The average Bonchev–Trinajstić information content (AvgIpc) is 3.39. The number of carbonyl (C=O) groups is 3. The molecule has 0 saturated carbocycles. The van der Waals surface area contributed by atoms with Gasteiger partial charge >= 0.3 is 25.7 Å². The van der Waals surface area contributed by atoms with Gasteiger partial charge in [0.05, 0.1) is 19.8 Å². The van der Waals surface area contributed by atoms with Gasteiger partial charge in [-0.15, -0.1) is 0 Å². The van der Waals surface area contributed by atoms with Gasteiger partial charge in [-0.2, -0.15) is 0 Å². The molecule has 3 unspecified atom stereocenters. The number of aliphatic hydroxyl groups excluding tert-OH is 1. The lowest BCUT2D eigenvalue weighted by Gasteiger charge is -2.21. The van der Waals surface area contributed by atoms with Gasteiger partial charge in [0.1, 0.15) is 12.7 Å². The predicted molar refractivity (Wildman–Crippen MR) is 307 cm³/mol. The highest BCUT2D eigenvalue weighted by Crippen LogP contribution is 2.43. The number of aliphatic hydroxyl groups is 1. The molecular formula is C62H111O11P. The molecule has 0 aromatic heterocycles. The minimum absolute atomic E-state index is 0.141. The second kappa shape index (κ2) is 56.4. The van der Waals surface area contributed by atoms with E-state index in [0.717, 1.165) is 96.3 Å². The van der Waals surface area contributed by atoms with E-state index in [9.17, 15) is 28.9 Å². The fourth-order valence-electron chi connectivity index (χ4n) is 8.30. The summed E-state index contributed by atoms with van der Waals surface area (Å²) in [5.74, 6) is -1.49. The first-order chi connectivity index (χ1) is 36.2. The smallest absolute Gasteiger partial charge is 0.462 e. The maximum absolute atomic E-state index is 12.9. The van der Waals surface area contributed by atoms with Crippen LogP contribution in [0.1, 0.15) is 278 Å². The Labute approximate surface area is 453 Å². The Kier molecular flexibility index (Phi) is 54.2. The second-order valence-electron chi connectivity index (χ2n) is 20.1. The van der Waals surface area contributed by atoms with Gasteiger partial charge < -0.3 is 24.2 Å². The number of ether oxygens (including phenoxy) is 3. The molecular weight excluding hydrogens is 952 g/mol. The molecule has 0 amide bonds. The lowest BCUT2D eigenvalue weighted by molar-refractivity contribution is -0.161. The molecule has 0 fully saturated rings. The molecule has 12 heteroatoms. The fourth-order valence-corrected chi connectivity index (χ4v) is 9.09. The van der Waals surface area contributed by atoms with Crippen LogP contribution >= 0.6 is 7.82 Å². The SMILES string of the molecule is CC/C=C\C/C=C\C/C=C\CCCCCC(=O)OC(CO)COP(=O)(O)OCC(COC(=O)CCCCCCCCC/C=C\CCCCCCCC)OC(=O)CCCCCCCCC/C=C\CCCCCCCC. The molecule has 0 aliphatic rings. The Hall–Kier alpha value is -2.82. The topological polar surface area (TPSA) is 155 Å². The molecule has 0 saturated heterocycles. The lowest BCUT2D eigenvalue weighted by atomic mass is 10.1. The van der Waals surface area contributed by atoms with E-state index in [1.54, 1.807) is 0 Å². The zero-order chi connectivity index (χ0) is 54.1. The standard InChI is InChI=1S/C62H111O11P/c1-4-7-10-13-16-19-22-25-27-29-31-34-36-39-42-45-48-51-60(64)69-55-59(73-62(66)53-50-47-44-41-38-35-32-30-28-26-23-20-17-14-11-8-5-2)57-71-74(67,68)70-56-58(54-63)72-61(65)52-49-46-43-40-37-33-24-21-18-15-12-9-6-3/h9,12,18,21,25-28,33,37,58-59,63H,4-8,10-11,13-17,19-20,22-24,29-32,34-36,38-57H2,1-3H3,(H,67,68)/b12-9-,21-18-,27-25-,28-26-,37-33-. The summed E-state index contributed by atoms with van der Waals surface area (Å²) in [5, 5.41) is 9.81. The normalized spacial score (nSPS) is 13.7. The second-order valence-corrected chi connectivity index (χ2v) is 21.6. The van der Waals surface area contributed by atoms with E-state index in [4.69, 9.17) is 23.3 Å². The maximum Gasteiger partial charge on any atom is 0.472 e. The van der Waals surface area contributed by atoms with Crippen molar-refractivity contribution in [2.24, 2.45) is 0 Å². The van der Waals surface area contributed by atoms with Gasteiger partial charge in [0.15, 0.2) is 6.10 Å². The first-order valence-corrected chi connectivity index (χ1v) is 31.7. The summed E-state index contributed by atoms with van der Waals surface area (Å²) >= 11 is 0. The van der Waals surface area contributed by atoms with E-state index < -0.39 is 57.8 Å². The molecule has 0 bridgehead atoms. The van der Waals surface area contributed by atoms with E-state index in [0.29, 0.717) is 19.3 Å². The molecule has 3 atom stereocenters. The van der Waals surface area contributed by atoms with Gasteiger partial charge in [-0.05, 0) is 103 Å². The number of carbonyl (C=O) groups excluding carboxylic acids is 3. The van der Waals surface area contributed by atoms with Crippen LogP contribution in [0.15, 0.2) is 60.8 Å². The van der Waals surface area contributed by atoms with Gasteiger partial charge in [0.25, 0.3) is 0 Å². The molecule has 0 rings (SSSR count). The van der Waals surface area contributed by atoms with Crippen LogP contribution in [0.4, 0.5) is 0 Å². The van der Waals surface area contributed by atoms with E-state index in [2.05, 4.69) is 81.5 Å². The summed E-state index contributed by atoms with van der Waals surface area (Å²) < 4.78 is 39.5. The summed E-state index contributed by atoms with van der Waals surface area (Å²) in [6.45, 7) is 4.51. The fraction of sp³-hybridized carbons (Fsp3) is 0.790. The Morgan fingerprint density at radius 1 is 0.392 bits per heavy atom. The van der Waals surface area contributed by atoms with Crippen LogP contribution in [-0.4, -0.2) is 66.5 Å². The third kappa shape index (κ3) is 54.0. The zero-order valence-corrected chi connectivity index (χ0v) is 48.5. The van der Waals surface area contributed by atoms with Crippen molar-refractivity contribution in [3.05, 3.63) is 60.8 Å². The molecule has 0 aromatic rings. The Balaban J connectivity index is 4.74. The summed E-state index contributed by atoms with van der Waals surface area (Å²) in [4.78, 5) is 48.6. The predicted octanol–water partition coefficient (Wildman–Crippen LogP) is 17.9. The first kappa shape index (κ1) is 71.2. The molecule has 0 heterocycles. The molecule has 0 aliphatic carbocycles. The number of phosphoric acid groups is 1. The van der Waals surface area contributed by atoms with Crippen molar-refractivity contribution in [2.45, 2.75) is 290 Å². The number of allylic oxidation sites excluding steroid dienone is 10. The van der Waals surface area contributed by atoms with Crippen molar-refractivity contribution in [3.8, 4) is 0 Å². The van der Waals surface area contributed by atoms with Crippen LogP contribution in [0.5, 0.6) is 0 Å². The molecule has 2 N–H and O–H groups in total. The number of esters is 3. The highest BCUT2D eigenvalue weighted by Gasteiger charge is 2.28. The van der Waals surface area contributed by atoms with Gasteiger partial charge in [-0.25, -0.2) is 4.57 Å². The van der Waals surface area contributed by atoms with Crippen molar-refractivity contribution in [3.63, 3.8) is 0 Å². The number of phosphoric ester groups is 1. The summed E-state index contributed by atoms with van der Waals surface area (Å²) in [6.07, 6.45) is 61.8. The highest BCUT2D eigenvalue weighted by atomic mass is 31.2. The van der Waals surface area contributed by atoms with Crippen LogP contribution < -0.4 is 0 Å². The van der Waals surface area contributed by atoms with Crippen LogP contribution in [0, 0.1) is 0 Å². The monoisotopic (exact) mass is 1060 g/mol. The average molecular weight is 1060 g/mol. The Morgan fingerprint density at radius 3 is 1.11 bits per heavy atom. The van der Waals surface area contributed by atoms with Crippen LogP contribution in [0.3, 0.4) is 0 Å². The zero-order valence-electron chi connectivity index (χ0n) is 47.6. The Bertz CT molecular complexity index is 1470. The van der Waals surface area contributed by atoms with E-state index >= 15 is 0 Å². The number of rotatable bonds is 56. The highest BCUT2D eigenvalue weighted by molar-refractivity contribution is 7.47. The van der Waals surface area contributed by atoms with Crippen LogP contribution in [-0.2, 0) is 42.2 Å². The van der Waals surface area contributed by atoms with E-state index in [-0.39, 0.29) is 25.9 Å². The largest absolute Gasteiger partial charge is 0.472 e. The van der Waals surface area contributed by atoms with Gasteiger partial charge in [-0.1, -0.05) is 216 Å². The summed E-state index contributed by atoms with van der Waals surface area (Å²) in [7, 11) is -4.76. The molecule has 11 nitrogen and oxygen atoms in total. The van der Waals surface area contributed by atoms with Crippen molar-refractivity contribution in [2.75, 3.05) is 26.4 Å². The summed E-state index contributed by atoms with van der Waals surface area (Å²) in [6, 6.07) is 0. The summed E-state index contributed by atoms with van der Waals surface area (Å²) in [5.41, 5.74) is 0. The minimum Gasteiger partial charge on any atom is -0.462 e. The number of hydrogen-bond acceptors (Lipinski definition) is 10. The maximum atomic E-state index is 12.9. The van der Waals surface area contributed by atoms with Crippen molar-refractivity contribution >= 4 is 25.7 Å². The quantitative estimate of drug-likeness (QED) is 0.0197. The Morgan fingerprint density at radius 2 is 0.703 bits per heavy atom. The van der Waals surface area contributed by atoms with Crippen molar-refractivity contribution in [1.82, 2.24) is 0 Å². The number of unbranched alkanes of at least 4 members (excludes halogenated alkanes) is 29. The van der Waals surface area contributed by atoms with Gasteiger partial charge in [-0.3, -0.25) is 23.4 Å². The molecule has 0 radical (unpaired) electrons. The molecule has 0 spiro atoms. The van der Waals surface area contributed by atoms with Crippen molar-refractivity contribution in [1.29, 1.82) is 0 Å². The third-order valence-electron chi connectivity index (χ3n) is 12.9.